The zero-order chi connectivity index (χ0) is 22.2. The maximum atomic E-state index is 12.7. The first-order valence-electron chi connectivity index (χ1n) is 11.4. The maximum Gasteiger partial charge on any atom is 0.233 e. The number of likely N-dealkylation sites (tertiary alicyclic amines) is 1. The Bertz CT molecular complexity index is 986. The van der Waals surface area contributed by atoms with Crippen molar-refractivity contribution in [3.63, 3.8) is 0 Å². The number of piperidine rings is 1. The Hall–Kier alpha value is -2.64. The molecule has 1 atom stereocenters. The quantitative estimate of drug-likeness (QED) is 0.499. The van der Waals surface area contributed by atoms with Gasteiger partial charge in [0.1, 0.15) is 0 Å². The molecule has 1 aliphatic rings. The summed E-state index contributed by atoms with van der Waals surface area (Å²) < 4.78 is 2.10. The first-order valence-corrected chi connectivity index (χ1v) is 12.3. The first-order chi connectivity index (χ1) is 15.7. The van der Waals surface area contributed by atoms with Gasteiger partial charge in [-0.3, -0.25) is 14.3 Å². The van der Waals surface area contributed by atoms with Gasteiger partial charge in [-0.25, -0.2) is 0 Å². The van der Waals surface area contributed by atoms with Gasteiger partial charge in [-0.15, -0.1) is 10.2 Å². The molecule has 6 nitrogen and oxygen atoms in total. The molecule has 3 aromatic rings. The Morgan fingerprint density at radius 3 is 2.41 bits per heavy atom. The highest BCUT2D eigenvalue weighted by atomic mass is 32.2. The summed E-state index contributed by atoms with van der Waals surface area (Å²) in [5.74, 6) is 0.948. The molecule has 1 N–H and O–H groups in total. The molecule has 32 heavy (non-hydrogen) atoms. The lowest BCUT2D eigenvalue weighted by molar-refractivity contribution is -0.120. The van der Waals surface area contributed by atoms with Gasteiger partial charge in [0.15, 0.2) is 11.0 Å². The SMILES string of the molecule is CC(Sc1nnc(CN2CCCCC2)n1-c1ccccc1)C(=O)NCCc1ccccc1. The fourth-order valence-corrected chi connectivity index (χ4v) is 4.87. The average Bonchev–Trinajstić information content (AvgIpc) is 3.22. The van der Waals surface area contributed by atoms with Crippen LogP contribution >= 0.6 is 11.8 Å². The zero-order valence-electron chi connectivity index (χ0n) is 18.6. The van der Waals surface area contributed by atoms with Gasteiger partial charge in [0.25, 0.3) is 0 Å². The molecule has 1 aromatic heterocycles. The molecule has 168 valence electrons. The lowest BCUT2D eigenvalue weighted by Gasteiger charge is -2.26. The fraction of sp³-hybridized carbons (Fsp3) is 0.400. The highest BCUT2D eigenvalue weighted by Gasteiger charge is 2.22. The van der Waals surface area contributed by atoms with E-state index in [0.717, 1.165) is 42.7 Å². The number of nitrogens with one attached hydrogen (secondary N) is 1. The Morgan fingerprint density at radius 2 is 1.69 bits per heavy atom. The summed E-state index contributed by atoms with van der Waals surface area (Å²) in [4.78, 5) is 15.2. The molecule has 0 radical (unpaired) electrons. The predicted octanol–water partition coefficient (Wildman–Crippen LogP) is 4.09. The zero-order valence-corrected chi connectivity index (χ0v) is 19.4. The van der Waals surface area contributed by atoms with Crippen LogP contribution in [0.3, 0.4) is 0 Å². The minimum Gasteiger partial charge on any atom is -0.355 e. The number of amides is 1. The highest BCUT2D eigenvalue weighted by Crippen LogP contribution is 2.27. The van der Waals surface area contributed by atoms with Gasteiger partial charge in [0.05, 0.1) is 11.8 Å². The second kappa shape index (κ2) is 11.3. The topological polar surface area (TPSA) is 63.1 Å². The summed E-state index contributed by atoms with van der Waals surface area (Å²) >= 11 is 1.46. The van der Waals surface area contributed by atoms with Crippen molar-refractivity contribution in [2.75, 3.05) is 19.6 Å². The van der Waals surface area contributed by atoms with Crippen LogP contribution in [0.5, 0.6) is 0 Å². The lowest BCUT2D eigenvalue weighted by Crippen LogP contribution is -2.32. The standard InChI is InChI=1S/C25H31N5OS/c1-20(24(31)26-16-15-21-11-5-2-6-12-21)32-25-28-27-23(19-29-17-9-4-10-18-29)30(25)22-13-7-3-8-14-22/h2-3,5-8,11-14,20H,4,9-10,15-19H2,1H3,(H,26,31). The summed E-state index contributed by atoms with van der Waals surface area (Å²) in [6.45, 7) is 5.53. The molecule has 1 amide bonds. The van der Waals surface area contributed by atoms with E-state index in [0.29, 0.717) is 6.54 Å². The van der Waals surface area contributed by atoms with Crippen LogP contribution in [0.2, 0.25) is 0 Å². The number of thioether (sulfide) groups is 1. The number of para-hydroxylation sites is 1. The van der Waals surface area contributed by atoms with Gasteiger partial charge in [0, 0.05) is 12.2 Å². The molecule has 0 aliphatic carbocycles. The van der Waals surface area contributed by atoms with E-state index in [1.165, 1.54) is 36.6 Å². The van der Waals surface area contributed by atoms with Crippen molar-refractivity contribution in [3.05, 3.63) is 72.1 Å². The van der Waals surface area contributed by atoms with E-state index in [1.807, 2.05) is 43.3 Å². The smallest absolute Gasteiger partial charge is 0.233 e. The van der Waals surface area contributed by atoms with Crippen LogP contribution in [0.1, 0.15) is 37.6 Å². The molecule has 0 bridgehead atoms. The van der Waals surface area contributed by atoms with Crippen LogP contribution in [-0.4, -0.2) is 50.5 Å². The minimum absolute atomic E-state index is 0.0196. The molecular formula is C25H31N5OS. The average molecular weight is 450 g/mol. The molecule has 2 heterocycles. The van der Waals surface area contributed by atoms with E-state index in [9.17, 15) is 4.79 Å². The second-order valence-corrected chi connectivity index (χ2v) is 9.50. The second-order valence-electron chi connectivity index (χ2n) is 8.19. The van der Waals surface area contributed by atoms with E-state index in [-0.39, 0.29) is 11.2 Å². The lowest BCUT2D eigenvalue weighted by atomic mass is 10.1. The number of benzene rings is 2. The Balaban J connectivity index is 1.43. The third-order valence-corrected chi connectivity index (χ3v) is 6.78. The van der Waals surface area contributed by atoms with Crippen LogP contribution in [-0.2, 0) is 17.8 Å². The van der Waals surface area contributed by atoms with Crippen molar-refractivity contribution in [1.82, 2.24) is 25.0 Å². The van der Waals surface area contributed by atoms with Crippen LogP contribution < -0.4 is 5.32 Å². The van der Waals surface area contributed by atoms with E-state index in [1.54, 1.807) is 0 Å². The van der Waals surface area contributed by atoms with Gasteiger partial charge in [-0.2, -0.15) is 0 Å². The largest absolute Gasteiger partial charge is 0.355 e. The third kappa shape index (κ3) is 5.99. The molecule has 0 spiro atoms. The Morgan fingerprint density at radius 1 is 1.00 bits per heavy atom. The molecule has 1 saturated heterocycles. The highest BCUT2D eigenvalue weighted by molar-refractivity contribution is 8.00. The molecule has 4 rings (SSSR count). The monoisotopic (exact) mass is 449 g/mol. The third-order valence-electron chi connectivity index (χ3n) is 5.74. The summed E-state index contributed by atoms with van der Waals surface area (Å²) in [5.41, 5.74) is 2.25. The number of aromatic nitrogens is 3. The maximum absolute atomic E-state index is 12.7. The van der Waals surface area contributed by atoms with Gasteiger partial charge in [0.2, 0.25) is 5.91 Å². The first kappa shape index (κ1) is 22.6. The van der Waals surface area contributed by atoms with Crippen molar-refractivity contribution >= 4 is 17.7 Å². The molecule has 2 aromatic carbocycles. The summed E-state index contributed by atoms with van der Waals surface area (Å²) in [6.07, 6.45) is 4.60. The van der Waals surface area contributed by atoms with E-state index in [2.05, 4.69) is 49.2 Å². The number of hydrogen-bond acceptors (Lipinski definition) is 5. The summed E-state index contributed by atoms with van der Waals surface area (Å²) in [5, 5.41) is 12.5. The number of carbonyl (C=O) groups is 1. The normalized spacial score (nSPS) is 15.4. The van der Waals surface area contributed by atoms with Crippen molar-refractivity contribution in [1.29, 1.82) is 0 Å². The molecule has 0 saturated carbocycles. The van der Waals surface area contributed by atoms with E-state index in [4.69, 9.17) is 0 Å². The van der Waals surface area contributed by atoms with Crippen molar-refractivity contribution in [2.24, 2.45) is 0 Å². The summed E-state index contributed by atoms with van der Waals surface area (Å²) in [6, 6.07) is 20.4. The van der Waals surface area contributed by atoms with Gasteiger partial charge >= 0.3 is 0 Å². The van der Waals surface area contributed by atoms with Crippen LogP contribution in [0.4, 0.5) is 0 Å². The van der Waals surface area contributed by atoms with Gasteiger partial charge < -0.3 is 5.32 Å². The number of carbonyl (C=O) groups excluding carboxylic acids is 1. The Labute approximate surface area is 194 Å². The number of hydrogen-bond donors (Lipinski definition) is 1. The van der Waals surface area contributed by atoms with Crippen molar-refractivity contribution < 1.29 is 4.79 Å². The molecule has 1 fully saturated rings. The van der Waals surface area contributed by atoms with Crippen LogP contribution in [0.15, 0.2) is 65.8 Å². The van der Waals surface area contributed by atoms with Crippen molar-refractivity contribution in [2.45, 2.75) is 49.6 Å². The molecule has 1 unspecified atom stereocenters. The molecular weight excluding hydrogens is 418 g/mol. The number of rotatable bonds is 9. The van der Waals surface area contributed by atoms with Crippen LogP contribution in [0.25, 0.3) is 5.69 Å². The fourth-order valence-electron chi connectivity index (χ4n) is 3.96. The van der Waals surface area contributed by atoms with E-state index < -0.39 is 0 Å². The van der Waals surface area contributed by atoms with Gasteiger partial charge in [-0.05, 0) is 57.0 Å². The Kier molecular flexibility index (Phi) is 7.96. The minimum atomic E-state index is -0.264. The summed E-state index contributed by atoms with van der Waals surface area (Å²) in [7, 11) is 0. The van der Waals surface area contributed by atoms with Crippen molar-refractivity contribution in [3.8, 4) is 5.69 Å². The molecule has 7 heteroatoms. The molecule has 1 aliphatic heterocycles. The van der Waals surface area contributed by atoms with E-state index >= 15 is 0 Å². The number of nitrogens with zero attached hydrogens (tertiary/aromatic N) is 4. The van der Waals surface area contributed by atoms with Crippen LogP contribution in [0, 0.1) is 0 Å². The predicted molar refractivity (Wildman–Crippen MR) is 129 cm³/mol. The van der Waals surface area contributed by atoms with Gasteiger partial charge in [-0.1, -0.05) is 66.7 Å².